The molecule has 5 heteroatoms. The van der Waals surface area contributed by atoms with E-state index in [1.54, 1.807) is 18.2 Å². The van der Waals surface area contributed by atoms with Crippen LogP contribution in [0.3, 0.4) is 0 Å². The molecule has 0 unspecified atom stereocenters. The van der Waals surface area contributed by atoms with Crippen LogP contribution in [0.1, 0.15) is 12.5 Å². The van der Waals surface area contributed by atoms with Crippen LogP contribution in [0.5, 0.6) is 5.75 Å². The molecule has 0 fully saturated rings. The molecular formula is C16H17NO4. The van der Waals surface area contributed by atoms with E-state index >= 15 is 0 Å². The molecular weight excluding hydrogens is 270 g/mol. The summed E-state index contributed by atoms with van der Waals surface area (Å²) in [7, 11) is 0. The van der Waals surface area contributed by atoms with E-state index in [1.165, 1.54) is 6.07 Å². The van der Waals surface area contributed by atoms with Gasteiger partial charge in [0.15, 0.2) is 6.61 Å². The van der Waals surface area contributed by atoms with E-state index in [4.69, 9.17) is 9.15 Å². The van der Waals surface area contributed by atoms with Crippen LogP contribution in [0.4, 0.5) is 0 Å². The number of hydrogen-bond acceptors (Lipinski definition) is 4. The Labute approximate surface area is 122 Å². The molecule has 0 radical (unpaired) electrons. The summed E-state index contributed by atoms with van der Waals surface area (Å²) in [6.07, 6.45) is 2.33. The zero-order valence-corrected chi connectivity index (χ0v) is 11.8. The van der Waals surface area contributed by atoms with Crippen LogP contribution in [0.25, 0.3) is 11.0 Å². The lowest BCUT2D eigenvalue weighted by molar-refractivity contribution is -0.122. The summed E-state index contributed by atoms with van der Waals surface area (Å²) < 4.78 is 10.5. The minimum absolute atomic E-state index is 0.100. The van der Waals surface area contributed by atoms with Crippen molar-refractivity contribution in [1.29, 1.82) is 0 Å². The molecule has 1 aromatic carbocycles. The number of benzene rings is 1. The Morgan fingerprint density at radius 2 is 2.24 bits per heavy atom. The van der Waals surface area contributed by atoms with Crippen molar-refractivity contribution in [3.8, 4) is 5.75 Å². The molecule has 1 aromatic heterocycles. The Kier molecular flexibility index (Phi) is 4.77. The van der Waals surface area contributed by atoms with Gasteiger partial charge in [-0.3, -0.25) is 4.79 Å². The van der Waals surface area contributed by atoms with Gasteiger partial charge in [-0.2, -0.15) is 0 Å². The molecule has 5 nitrogen and oxygen atoms in total. The minimum Gasteiger partial charge on any atom is -0.484 e. The first-order chi connectivity index (χ1) is 10.1. The Morgan fingerprint density at radius 1 is 1.43 bits per heavy atom. The summed E-state index contributed by atoms with van der Waals surface area (Å²) in [4.78, 5) is 22.9. The fourth-order valence-electron chi connectivity index (χ4n) is 1.98. The normalized spacial score (nSPS) is 10.3. The second kappa shape index (κ2) is 6.74. The Bertz CT molecular complexity index is 718. The number of fused-ring (bicyclic) bond motifs is 1. The fourth-order valence-corrected chi connectivity index (χ4v) is 1.98. The highest BCUT2D eigenvalue weighted by Gasteiger charge is 2.07. The number of ether oxygens (including phenoxy) is 1. The van der Waals surface area contributed by atoms with Crippen molar-refractivity contribution < 1.29 is 13.9 Å². The average molecular weight is 287 g/mol. The highest BCUT2D eigenvalue weighted by Crippen LogP contribution is 2.22. The predicted molar refractivity (Wildman–Crippen MR) is 80.6 cm³/mol. The number of amides is 1. The van der Waals surface area contributed by atoms with E-state index in [0.29, 0.717) is 17.9 Å². The Morgan fingerprint density at radius 3 is 2.95 bits per heavy atom. The number of aryl methyl sites for hydroxylation is 1. The summed E-state index contributed by atoms with van der Waals surface area (Å²) >= 11 is 0. The molecule has 0 saturated carbocycles. The van der Waals surface area contributed by atoms with E-state index in [1.807, 2.05) is 13.0 Å². The number of carbonyl (C=O) groups excluding carboxylic acids is 1. The molecule has 0 aliphatic heterocycles. The highest BCUT2D eigenvalue weighted by atomic mass is 16.5. The van der Waals surface area contributed by atoms with E-state index in [9.17, 15) is 9.59 Å². The number of nitrogens with one attached hydrogen (secondary N) is 1. The van der Waals surface area contributed by atoms with E-state index in [2.05, 4.69) is 11.9 Å². The van der Waals surface area contributed by atoms with Crippen molar-refractivity contribution in [2.45, 2.75) is 13.3 Å². The molecule has 0 aliphatic rings. The summed E-state index contributed by atoms with van der Waals surface area (Å²) in [5.74, 6) is 0.242. The summed E-state index contributed by atoms with van der Waals surface area (Å²) in [6.45, 7) is 5.78. The van der Waals surface area contributed by atoms with Crippen LogP contribution in [-0.2, 0) is 11.2 Å². The topological polar surface area (TPSA) is 68.5 Å². The minimum atomic E-state index is -0.389. The zero-order valence-electron chi connectivity index (χ0n) is 11.8. The van der Waals surface area contributed by atoms with Crippen molar-refractivity contribution in [1.82, 2.24) is 5.32 Å². The number of carbonyl (C=O) groups is 1. The van der Waals surface area contributed by atoms with Crippen LogP contribution < -0.4 is 15.7 Å². The van der Waals surface area contributed by atoms with Gasteiger partial charge in [0, 0.05) is 24.1 Å². The summed E-state index contributed by atoms with van der Waals surface area (Å²) in [5.41, 5.74) is 1.00. The Hall–Kier alpha value is -2.56. The molecule has 21 heavy (non-hydrogen) atoms. The largest absolute Gasteiger partial charge is 0.484 e. The van der Waals surface area contributed by atoms with Crippen molar-refractivity contribution in [3.63, 3.8) is 0 Å². The standard InChI is InChI=1S/C16H17NO4/c1-3-7-17-15(18)10-20-12-5-6-13-11(4-2)8-16(19)21-14(13)9-12/h3,5-6,8-9H,1,4,7,10H2,2H3,(H,17,18). The molecule has 0 bridgehead atoms. The number of hydrogen-bond donors (Lipinski definition) is 1. The van der Waals surface area contributed by atoms with Gasteiger partial charge in [0.05, 0.1) is 0 Å². The van der Waals surface area contributed by atoms with Gasteiger partial charge < -0.3 is 14.5 Å². The third-order valence-corrected chi connectivity index (χ3v) is 3.00. The maximum Gasteiger partial charge on any atom is 0.336 e. The lowest BCUT2D eigenvalue weighted by Gasteiger charge is -2.08. The molecule has 110 valence electrons. The third kappa shape index (κ3) is 3.72. The van der Waals surface area contributed by atoms with Gasteiger partial charge in [0.1, 0.15) is 11.3 Å². The number of rotatable bonds is 6. The maximum atomic E-state index is 11.5. The fraction of sp³-hybridized carbons (Fsp3) is 0.250. The molecule has 1 amide bonds. The molecule has 0 spiro atoms. The van der Waals surface area contributed by atoms with Crippen molar-refractivity contribution in [3.05, 3.63) is 52.9 Å². The van der Waals surface area contributed by atoms with Crippen molar-refractivity contribution >= 4 is 16.9 Å². The first-order valence-corrected chi connectivity index (χ1v) is 6.71. The van der Waals surface area contributed by atoms with Crippen LogP contribution >= 0.6 is 0 Å². The second-order valence-electron chi connectivity index (χ2n) is 4.48. The van der Waals surface area contributed by atoms with E-state index in [0.717, 1.165) is 17.4 Å². The summed E-state index contributed by atoms with van der Waals surface area (Å²) in [5, 5.41) is 3.49. The van der Waals surface area contributed by atoms with Gasteiger partial charge in [-0.25, -0.2) is 4.79 Å². The van der Waals surface area contributed by atoms with Crippen LogP contribution in [0.2, 0.25) is 0 Å². The SMILES string of the molecule is C=CCNC(=O)COc1ccc2c(CC)cc(=O)oc2c1. The molecule has 0 aliphatic carbocycles. The lowest BCUT2D eigenvalue weighted by Crippen LogP contribution is -2.28. The zero-order chi connectivity index (χ0) is 15.2. The second-order valence-corrected chi connectivity index (χ2v) is 4.48. The van der Waals surface area contributed by atoms with Gasteiger partial charge in [-0.1, -0.05) is 13.0 Å². The maximum absolute atomic E-state index is 11.5. The Balaban J connectivity index is 2.17. The van der Waals surface area contributed by atoms with Crippen LogP contribution in [0.15, 0.2) is 46.1 Å². The van der Waals surface area contributed by atoms with Gasteiger partial charge in [-0.15, -0.1) is 6.58 Å². The predicted octanol–water partition coefficient (Wildman–Crippen LogP) is 2.04. The first-order valence-electron chi connectivity index (χ1n) is 6.71. The van der Waals surface area contributed by atoms with Crippen LogP contribution in [-0.4, -0.2) is 19.1 Å². The molecule has 2 aromatic rings. The first kappa shape index (κ1) is 14.8. The monoisotopic (exact) mass is 287 g/mol. The molecule has 0 saturated heterocycles. The lowest BCUT2D eigenvalue weighted by atomic mass is 10.1. The van der Waals surface area contributed by atoms with Gasteiger partial charge in [0.2, 0.25) is 0 Å². The molecule has 1 heterocycles. The third-order valence-electron chi connectivity index (χ3n) is 3.00. The van der Waals surface area contributed by atoms with Crippen LogP contribution in [0, 0.1) is 0 Å². The van der Waals surface area contributed by atoms with Gasteiger partial charge in [-0.05, 0) is 24.1 Å². The van der Waals surface area contributed by atoms with Crippen molar-refractivity contribution in [2.24, 2.45) is 0 Å². The quantitative estimate of drug-likeness (QED) is 0.652. The average Bonchev–Trinajstić information content (AvgIpc) is 2.49. The van der Waals surface area contributed by atoms with E-state index < -0.39 is 0 Å². The smallest absolute Gasteiger partial charge is 0.336 e. The molecule has 1 N–H and O–H groups in total. The molecule has 0 atom stereocenters. The van der Waals surface area contributed by atoms with Gasteiger partial charge in [0.25, 0.3) is 5.91 Å². The summed E-state index contributed by atoms with van der Waals surface area (Å²) in [6, 6.07) is 6.69. The molecule has 2 rings (SSSR count). The van der Waals surface area contributed by atoms with Crippen molar-refractivity contribution in [2.75, 3.05) is 13.2 Å². The highest BCUT2D eigenvalue weighted by molar-refractivity contribution is 5.82. The van der Waals surface area contributed by atoms with Gasteiger partial charge >= 0.3 is 5.63 Å². The van der Waals surface area contributed by atoms with E-state index in [-0.39, 0.29) is 18.1 Å².